The lowest BCUT2D eigenvalue weighted by atomic mass is 10.2. The van der Waals surface area contributed by atoms with Gasteiger partial charge in [0, 0.05) is 25.5 Å². The second kappa shape index (κ2) is 6.72. The molecule has 1 saturated heterocycles. The minimum absolute atomic E-state index is 0.0717. The van der Waals surface area contributed by atoms with Crippen molar-refractivity contribution in [2.45, 2.75) is 19.8 Å². The Balaban J connectivity index is 1.53. The monoisotopic (exact) mass is 380 g/mol. The van der Waals surface area contributed by atoms with Gasteiger partial charge in [-0.15, -0.1) is 5.10 Å². The minimum Gasteiger partial charge on any atom is -0.401 e. The number of carbonyl (C=O) groups is 3. The van der Waals surface area contributed by atoms with Crippen LogP contribution >= 0.6 is 0 Å². The maximum absolute atomic E-state index is 12.5. The largest absolute Gasteiger partial charge is 0.401 e. The Labute approximate surface area is 159 Å². The summed E-state index contributed by atoms with van der Waals surface area (Å²) in [4.78, 5) is 37.4. The quantitative estimate of drug-likeness (QED) is 0.683. The van der Waals surface area contributed by atoms with Gasteiger partial charge >= 0.3 is 6.01 Å². The van der Waals surface area contributed by atoms with Gasteiger partial charge in [0.2, 0.25) is 11.8 Å². The van der Waals surface area contributed by atoms with Crippen molar-refractivity contribution in [3.8, 4) is 11.6 Å². The molecule has 1 N–H and O–H groups in total. The number of aryl methyl sites for hydroxylation is 2. The zero-order valence-corrected chi connectivity index (χ0v) is 15.2. The first-order chi connectivity index (χ1) is 13.4. The molecule has 0 bridgehead atoms. The van der Waals surface area contributed by atoms with E-state index in [0.29, 0.717) is 11.4 Å². The average Bonchev–Trinajstić information content (AvgIpc) is 3.34. The van der Waals surface area contributed by atoms with Gasteiger partial charge in [-0.05, 0) is 31.2 Å². The van der Waals surface area contributed by atoms with E-state index in [1.807, 2.05) is 6.92 Å². The Morgan fingerprint density at radius 2 is 1.89 bits per heavy atom. The summed E-state index contributed by atoms with van der Waals surface area (Å²) < 4.78 is 7.09. The average molecular weight is 380 g/mol. The second-order valence-corrected chi connectivity index (χ2v) is 6.33. The maximum Gasteiger partial charge on any atom is 0.322 e. The van der Waals surface area contributed by atoms with E-state index in [1.165, 1.54) is 6.07 Å². The lowest BCUT2D eigenvalue weighted by Gasteiger charge is -2.14. The molecule has 3 amide bonds. The van der Waals surface area contributed by atoms with Crippen molar-refractivity contribution in [1.82, 2.24) is 20.0 Å². The van der Waals surface area contributed by atoms with Crippen molar-refractivity contribution in [2.24, 2.45) is 7.05 Å². The predicted molar refractivity (Wildman–Crippen MR) is 97.4 cm³/mol. The molecule has 1 aromatic carbocycles. The Bertz CT molecular complexity index is 1080. The third-order valence-corrected chi connectivity index (χ3v) is 4.28. The Hall–Kier alpha value is -3.82. The van der Waals surface area contributed by atoms with Crippen LogP contribution in [-0.4, -0.2) is 37.7 Å². The number of carbonyl (C=O) groups excluding carboxylic acids is 3. The molecular weight excluding hydrogens is 364 g/mol. The van der Waals surface area contributed by atoms with Gasteiger partial charge in [0.15, 0.2) is 0 Å². The molecule has 1 aliphatic heterocycles. The highest BCUT2D eigenvalue weighted by Gasteiger charge is 2.30. The van der Waals surface area contributed by atoms with Crippen LogP contribution in [0.2, 0.25) is 0 Å². The van der Waals surface area contributed by atoms with E-state index in [9.17, 15) is 14.4 Å². The number of benzene rings is 1. The predicted octanol–water partition coefficient (Wildman–Crippen LogP) is 1.68. The number of nitrogens with one attached hydrogen (secondary N) is 1. The highest BCUT2D eigenvalue weighted by atomic mass is 16.4. The first-order valence-electron chi connectivity index (χ1n) is 8.54. The fraction of sp³-hybridized carbons (Fsp3) is 0.222. The van der Waals surface area contributed by atoms with Gasteiger partial charge in [-0.2, -0.15) is 5.10 Å². The van der Waals surface area contributed by atoms with Gasteiger partial charge in [0.05, 0.1) is 11.4 Å². The van der Waals surface area contributed by atoms with Crippen molar-refractivity contribution < 1.29 is 18.8 Å². The third-order valence-electron chi connectivity index (χ3n) is 4.28. The number of aromatic nitrogens is 4. The Morgan fingerprint density at radius 3 is 2.57 bits per heavy atom. The first kappa shape index (κ1) is 17.6. The van der Waals surface area contributed by atoms with Crippen LogP contribution in [0.25, 0.3) is 11.6 Å². The summed E-state index contributed by atoms with van der Waals surface area (Å²) in [6.45, 7) is 1.84. The van der Waals surface area contributed by atoms with Crippen LogP contribution in [0, 0.1) is 6.92 Å². The lowest BCUT2D eigenvalue weighted by molar-refractivity contribution is -0.121. The number of nitrogens with zero attached hydrogens (tertiary/aromatic N) is 5. The van der Waals surface area contributed by atoms with Gasteiger partial charge in [-0.3, -0.25) is 29.3 Å². The van der Waals surface area contributed by atoms with E-state index in [4.69, 9.17) is 4.42 Å². The number of amides is 3. The Kier molecular flexibility index (Phi) is 4.22. The molecule has 2 aromatic heterocycles. The van der Waals surface area contributed by atoms with Crippen LogP contribution in [0.5, 0.6) is 0 Å². The molecule has 0 aliphatic carbocycles. The summed E-state index contributed by atoms with van der Waals surface area (Å²) in [7, 11) is 1.75. The van der Waals surface area contributed by atoms with Crippen LogP contribution in [0.15, 0.2) is 34.7 Å². The molecule has 3 heterocycles. The van der Waals surface area contributed by atoms with E-state index < -0.39 is 5.91 Å². The molecule has 10 nitrogen and oxygen atoms in total. The summed E-state index contributed by atoms with van der Waals surface area (Å²) in [5.74, 6) is -0.844. The SMILES string of the molecule is Cc1cc(-c2nnc(NC(=O)c3cccc(N4C(=O)CCC4=O)c3)o2)n(C)n1. The summed E-state index contributed by atoms with van der Waals surface area (Å²) in [5.41, 5.74) is 2.03. The van der Waals surface area contributed by atoms with E-state index in [-0.39, 0.29) is 42.1 Å². The molecule has 1 fully saturated rings. The van der Waals surface area contributed by atoms with Gasteiger partial charge in [0.1, 0.15) is 5.69 Å². The smallest absolute Gasteiger partial charge is 0.322 e. The molecule has 1 aliphatic rings. The fourth-order valence-electron chi connectivity index (χ4n) is 3.01. The van der Waals surface area contributed by atoms with E-state index in [0.717, 1.165) is 10.6 Å². The molecule has 28 heavy (non-hydrogen) atoms. The molecular formula is C18H16N6O4. The van der Waals surface area contributed by atoms with Crippen LogP contribution < -0.4 is 10.2 Å². The molecule has 10 heteroatoms. The number of imide groups is 1. The second-order valence-electron chi connectivity index (χ2n) is 6.33. The summed E-state index contributed by atoms with van der Waals surface area (Å²) in [5, 5.41) is 14.5. The van der Waals surface area contributed by atoms with Crippen LogP contribution in [0.4, 0.5) is 11.7 Å². The summed E-state index contributed by atoms with van der Waals surface area (Å²) >= 11 is 0. The third kappa shape index (κ3) is 3.15. The number of anilines is 2. The van der Waals surface area contributed by atoms with E-state index in [2.05, 4.69) is 20.6 Å². The highest BCUT2D eigenvalue weighted by molar-refractivity contribution is 6.20. The van der Waals surface area contributed by atoms with Crippen molar-refractivity contribution in [3.05, 3.63) is 41.6 Å². The van der Waals surface area contributed by atoms with Crippen molar-refractivity contribution >= 4 is 29.4 Å². The molecule has 0 saturated carbocycles. The standard InChI is InChI=1S/C18H16N6O4/c1-10-8-13(23(2)22-10)17-20-21-18(28-17)19-16(27)11-4-3-5-12(9-11)24-14(25)6-7-15(24)26/h3-5,8-9H,6-7H2,1-2H3,(H,19,21,27). The molecule has 0 atom stereocenters. The van der Waals surface area contributed by atoms with Gasteiger partial charge in [0.25, 0.3) is 11.8 Å². The minimum atomic E-state index is -0.502. The molecule has 0 radical (unpaired) electrons. The molecule has 0 unspecified atom stereocenters. The van der Waals surface area contributed by atoms with Gasteiger partial charge < -0.3 is 4.42 Å². The molecule has 0 spiro atoms. The topological polar surface area (TPSA) is 123 Å². The lowest BCUT2D eigenvalue weighted by Crippen LogP contribution is -2.28. The van der Waals surface area contributed by atoms with Crippen molar-refractivity contribution in [1.29, 1.82) is 0 Å². The van der Waals surface area contributed by atoms with E-state index in [1.54, 1.807) is 36.0 Å². The molecule has 142 valence electrons. The van der Waals surface area contributed by atoms with Crippen LogP contribution in [0.1, 0.15) is 28.9 Å². The van der Waals surface area contributed by atoms with E-state index >= 15 is 0 Å². The fourth-order valence-corrected chi connectivity index (χ4v) is 3.01. The van der Waals surface area contributed by atoms with Crippen molar-refractivity contribution in [3.63, 3.8) is 0 Å². The van der Waals surface area contributed by atoms with Crippen LogP contribution in [0.3, 0.4) is 0 Å². The molecule has 4 rings (SSSR count). The molecule has 3 aromatic rings. The number of hydrogen-bond acceptors (Lipinski definition) is 7. The number of rotatable bonds is 4. The van der Waals surface area contributed by atoms with Gasteiger partial charge in [-0.1, -0.05) is 11.2 Å². The highest BCUT2D eigenvalue weighted by Crippen LogP contribution is 2.24. The van der Waals surface area contributed by atoms with Crippen molar-refractivity contribution in [2.75, 3.05) is 10.2 Å². The zero-order chi connectivity index (χ0) is 19.8. The summed E-state index contributed by atoms with van der Waals surface area (Å²) in [6.07, 6.45) is 0.348. The normalized spacial score (nSPS) is 14.0. The zero-order valence-electron chi connectivity index (χ0n) is 15.2. The number of hydrogen-bond donors (Lipinski definition) is 1. The maximum atomic E-state index is 12.5. The first-order valence-corrected chi connectivity index (χ1v) is 8.54. The van der Waals surface area contributed by atoms with Crippen LogP contribution in [-0.2, 0) is 16.6 Å². The summed E-state index contributed by atoms with van der Waals surface area (Å²) in [6, 6.07) is 7.95. The Morgan fingerprint density at radius 1 is 1.14 bits per heavy atom. The van der Waals surface area contributed by atoms with Gasteiger partial charge in [-0.25, -0.2) is 0 Å².